The first kappa shape index (κ1) is 69.7. The summed E-state index contributed by atoms with van der Waals surface area (Å²) in [5.41, 5.74) is 8.46. The maximum Gasteiger partial charge on any atom is 1.00 e. The topological polar surface area (TPSA) is 216 Å². The van der Waals surface area contributed by atoms with Gasteiger partial charge in [-0.1, -0.05) is 61.9 Å². The predicted molar refractivity (Wildman–Crippen MR) is 293 cm³/mol. The van der Waals surface area contributed by atoms with Gasteiger partial charge in [-0.05, 0) is 123 Å². The molecule has 4 aliphatic rings. The quantitative estimate of drug-likeness (QED) is 0.0128. The van der Waals surface area contributed by atoms with Crippen LogP contribution in [0.1, 0.15) is 103 Å². The molecule has 0 fully saturated rings. The molecule has 0 saturated heterocycles. The molecule has 1 aliphatic carbocycles. The molecule has 17 nitrogen and oxygen atoms in total. The van der Waals surface area contributed by atoms with Crippen molar-refractivity contribution < 1.29 is 150 Å². The van der Waals surface area contributed by atoms with E-state index in [2.05, 4.69) is 133 Å². The Balaban J connectivity index is 0.00000448. The van der Waals surface area contributed by atoms with Crippen molar-refractivity contribution in [2.45, 2.75) is 103 Å². The molecular formula is C55H66ClN5Na3O12S3+. The molecule has 0 bridgehead atoms. The number of carbonyl (C=O) groups is 3. The standard InChI is InChI=1S/C55H68ClN5O12S3.3Na/c1-54(2)44-38-42(58(30-11-35-74-72-70-65)31-12-36-75-73-71-66)22-24-45(44)59(33-13-37-76(67,68)69)47(54)25-20-40-15-10-16-41(53(40)56)21-26-48-55(3,4)52-43-17-8-7-14-39(43)19-23-46(52)60(48)32-9-5-6-18-49(62)57-29-34-61-50(63)27-28-51(61)64;;;/h7-8,14,17,19-28,38H,5-6,9-13,15-16,18,29-37H2,1-4H3,(H3-,57,62,65,66,67,68,69);;;/q;3*+1/p-2. The van der Waals surface area contributed by atoms with Crippen LogP contribution in [0.2, 0.25) is 0 Å². The summed E-state index contributed by atoms with van der Waals surface area (Å²) < 4.78 is 46.8. The number of hydrogen-bond donors (Lipinski definition) is 1. The minimum Gasteiger partial charge on any atom is -0.748 e. The summed E-state index contributed by atoms with van der Waals surface area (Å²) in [5.74, 6) is -0.329. The van der Waals surface area contributed by atoms with Gasteiger partial charge in [-0.25, -0.2) is 8.42 Å². The Morgan fingerprint density at radius 2 is 1.51 bits per heavy atom. The Labute approximate surface area is 544 Å². The molecule has 0 aromatic heterocycles. The van der Waals surface area contributed by atoms with Gasteiger partial charge in [0.15, 0.2) is 5.71 Å². The van der Waals surface area contributed by atoms with Crippen LogP contribution in [0.5, 0.6) is 0 Å². The first-order valence-corrected chi connectivity index (χ1v) is 29.5. The number of unbranched alkanes of at least 4 members (excludes halogenated alkanes) is 2. The van der Waals surface area contributed by atoms with E-state index in [4.69, 9.17) is 11.6 Å². The van der Waals surface area contributed by atoms with Crippen LogP contribution in [-0.4, -0.2) is 102 Å². The molecule has 79 heavy (non-hydrogen) atoms. The van der Waals surface area contributed by atoms with E-state index in [0.29, 0.717) is 61.9 Å². The molecule has 0 radical (unpaired) electrons. The van der Waals surface area contributed by atoms with E-state index in [-0.39, 0.29) is 131 Å². The first-order valence-electron chi connectivity index (χ1n) is 25.7. The van der Waals surface area contributed by atoms with Crippen LogP contribution < -0.4 is 114 Å². The number of hydrogen-bond acceptors (Lipinski definition) is 16. The number of fused-ring (bicyclic) bond motifs is 4. The largest absolute Gasteiger partial charge is 1.00 e. The molecule has 3 heterocycles. The third kappa shape index (κ3) is 18.3. The summed E-state index contributed by atoms with van der Waals surface area (Å²) in [4.78, 5) is 41.8. The Kier molecular flexibility index (Phi) is 29.1. The molecule has 1 N–H and O–H groups in total. The second-order valence-electron chi connectivity index (χ2n) is 20.1. The molecule has 0 unspecified atom stereocenters. The van der Waals surface area contributed by atoms with E-state index in [1.807, 2.05) is 12.1 Å². The Morgan fingerprint density at radius 1 is 0.823 bits per heavy atom. The smallest absolute Gasteiger partial charge is 0.748 e. The molecule has 24 heteroatoms. The van der Waals surface area contributed by atoms with Crippen molar-refractivity contribution in [1.29, 1.82) is 0 Å². The third-order valence-corrected chi connectivity index (χ3v) is 16.9. The van der Waals surface area contributed by atoms with Crippen LogP contribution in [0, 0.1) is 0 Å². The zero-order valence-electron chi connectivity index (χ0n) is 46.4. The van der Waals surface area contributed by atoms with Gasteiger partial charge in [-0.3, -0.25) is 29.4 Å². The second-order valence-corrected chi connectivity index (χ2v) is 23.6. The van der Waals surface area contributed by atoms with Crippen molar-refractivity contribution in [3.05, 3.63) is 124 Å². The third-order valence-electron chi connectivity index (χ3n) is 14.4. The molecule has 3 aromatic rings. The number of carbonyl (C=O) groups excluding carboxylic acids is 3. The average Bonchev–Trinajstić information content (AvgIpc) is 4.07. The minimum absolute atomic E-state index is 0. The van der Waals surface area contributed by atoms with E-state index >= 15 is 0 Å². The summed E-state index contributed by atoms with van der Waals surface area (Å²) in [5, 5.41) is 33.6. The van der Waals surface area contributed by atoms with E-state index < -0.39 is 21.3 Å². The molecule has 410 valence electrons. The molecule has 0 atom stereocenters. The van der Waals surface area contributed by atoms with Crippen molar-refractivity contribution in [3.8, 4) is 0 Å². The van der Waals surface area contributed by atoms with E-state index in [1.54, 1.807) is 0 Å². The Hall–Kier alpha value is -1.84. The Morgan fingerprint density at radius 3 is 2.18 bits per heavy atom. The molecular weight excluding hydrogens is 1120 g/mol. The summed E-state index contributed by atoms with van der Waals surface area (Å²) in [6, 6.07) is 19.0. The summed E-state index contributed by atoms with van der Waals surface area (Å²) in [7, 11) is -4.45. The van der Waals surface area contributed by atoms with E-state index in [1.165, 1.54) is 28.5 Å². The number of rotatable bonds is 29. The number of imide groups is 1. The van der Waals surface area contributed by atoms with Gasteiger partial charge in [0.25, 0.3) is 11.8 Å². The number of amides is 3. The van der Waals surface area contributed by atoms with Gasteiger partial charge in [-0.15, -0.1) is 0 Å². The van der Waals surface area contributed by atoms with Gasteiger partial charge in [0.2, 0.25) is 11.6 Å². The van der Waals surface area contributed by atoms with Gasteiger partial charge in [-0.2, -0.15) is 13.2 Å². The SMILES string of the molecule is CC1(C)C(/C=C/C2=C(Cl)C(=C/C=C3/N(CCCS(=O)(=O)[O-])c4ccc(N(CCCSOO[O-])CCCSOO[O-])cc4C3(C)C)/CCC2)=[N+](CCCCCC(=O)NCCN2C(=O)C=CC2=O)c2ccc3ccccc3c21.[Na+].[Na+].[Na+]. The van der Waals surface area contributed by atoms with Crippen molar-refractivity contribution >= 4 is 97.1 Å². The normalized spacial score (nSPS) is 17.5. The predicted octanol–water partition coefficient (Wildman–Crippen LogP) is -1.06. The maximum absolute atomic E-state index is 12.7. The van der Waals surface area contributed by atoms with Gasteiger partial charge in [0.05, 0.1) is 15.5 Å². The number of benzene rings is 3. The summed E-state index contributed by atoms with van der Waals surface area (Å²) in [6.45, 7) is 11.4. The van der Waals surface area contributed by atoms with Gasteiger partial charge < -0.3 is 30.2 Å². The number of anilines is 2. The molecule has 3 aliphatic heterocycles. The van der Waals surface area contributed by atoms with E-state index in [0.717, 1.165) is 113 Å². The monoisotopic (exact) mass is 1190 g/mol. The van der Waals surface area contributed by atoms with Crippen molar-refractivity contribution in [3.63, 3.8) is 0 Å². The molecule has 7 rings (SSSR count). The van der Waals surface area contributed by atoms with Crippen LogP contribution in [0.25, 0.3) is 10.8 Å². The fourth-order valence-corrected chi connectivity index (χ4v) is 12.2. The fraction of sp³-hybridized carbons (Fsp3) is 0.455. The molecule has 0 saturated carbocycles. The molecule has 3 amide bonds. The summed E-state index contributed by atoms with van der Waals surface area (Å²) >= 11 is 9.24. The minimum atomic E-state index is -4.45. The number of halogens is 1. The zero-order chi connectivity index (χ0) is 54.5. The van der Waals surface area contributed by atoms with Crippen LogP contribution in [0.4, 0.5) is 17.1 Å². The Bertz CT molecular complexity index is 2910. The average molecular weight is 1190 g/mol. The number of allylic oxidation sites excluding steroid dienone is 8. The number of nitrogens with one attached hydrogen (secondary N) is 1. The first-order chi connectivity index (χ1) is 36.5. The molecule has 0 spiro atoms. The van der Waals surface area contributed by atoms with Crippen molar-refractivity contribution in [2.24, 2.45) is 0 Å². The molecule has 3 aromatic carbocycles. The van der Waals surface area contributed by atoms with Gasteiger partial charge in [0.1, 0.15) is 6.54 Å². The maximum atomic E-state index is 12.7. The number of nitrogens with zero attached hydrogens (tertiary/aromatic N) is 4. The van der Waals surface area contributed by atoms with Gasteiger partial charge >= 0.3 is 88.7 Å². The fourth-order valence-electron chi connectivity index (χ4n) is 10.7. The van der Waals surface area contributed by atoms with Crippen LogP contribution >= 0.6 is 35.7 Å². The van der Waals surface area contributed by atoms with Crippen LogP contribution in [0.3, 0.4) is 0 Å². The second kappa shape index (κ2) is 33.0. The zero-order valence-corrected chi connectivity index (χ0v) is 55.6. The van der Waals surface area contributed by atoms with E-state index in [9.17, 15) is 37.9 Å². The van der Waals surface area contributed by atoms with Crippen molar-refractivity contribution in [2.75, 3.05) is 66.3 Å². The van der Waals surface area contributed by atoms with Crippen molar-refractivity contribution in [1.82, 2.24) is 10.2 Å². The van der Waals surface area contributed by atoms with Crippen LogP contribution in [-0.2, 0) is 54.1 Å². The summed E-state index contributed by atoms with van der Waals surface area (Å²) in [6.07, 6.45) is 17.6. The van der Waals surface area contributed by atoms with Crippen LogP contribution in [0.15, 0.2) is 113 Å². The van der Waals surface area contributed by atoms with Gasteiger partial charge in [0, 0.05) is 144 Å².